The standard InChI is InChI=1S/C13H24N4S/c1-4-7-17-13(12(14)9(2)16-17)15-10-5-6-11(8-10)18-3/h10-11,15H,4-8,14H2,1-3H3. The molecule has 4 nitrogen and oxygen atoms in total. The summed E-state index contributed by atoms with van der Waals surface area (Å²) in [6.07, 6.45) is 7.05. The van der Waals surface area contributed by atoms with Crippen LogP contribution in [0.2, 0.25) is 0 Å². The number of nitrogens with one attached hydrogen (secondary N) is 1. The molecule has 1 heterocycles. The molecule has 1 saturated carbocycles. The molecule has 1 aromatic rings. The van der Waals surface area contributed by atoms with Gasteiger partial charge in [-0.1, -0.05) is 6.92 Å². The molecule has 18 heavy (non-hydrogen) atoms. The minimum absolute atomic E-state index is 0.552. The molecular weight excluding hydrogens is 244 g/mol. The second-order valence-corrected chi connectivity index (χ2v) is 6.22. The number of rotatable bonds is 5. The van der Waals surface area contributed by atoms with Crippen molar-refractivity contribution < 1.29 is 0 Å². The molecule has 0 radical (unpaired) electrons. The van der Waals surface area contributed by atoms with E-state index in [1.807, 2.05) is 23.4 Å². The molecule has 5 heteroatoms. The third kappa shape index (κ3) is 2.76. The van der Waals surface area contributed by atoms with Crippen LogP contribution >= 0.6 is 11.8 Å². The Morgan fingerprint density at radius 3 is 2.89 bits per heavy atom. The van der Waals surface area contributed by atoms with Gasteiger partial charge in [-0.15, -0.1) is 0 Å². The summed E-state index contributed by atoms with van der Waals surface area (Å²) in [5.74, 6) is 1.03. The highest BCUT2D eigenvalue weighted by Gasteiger charge is 2.25. The van der Waals surface area contributed by atoms with E-state index in [1.54, 1.807) is 0 Å². The van der Waals surface area contributed by atoms with E-state index >= 15 is 0 Å². The summed E-state index contributed by atoms with van der Waals surface area (Å²) in [6.45, 7) is 5.07. The number of hydrogen-bond acceptors (Lipinski definition) is 4. The zero-order valence-electron chi connectivity index (χ0n) is 11.6. The van der Waals surface area contributed by atoms with E-state index in [9.17, 15) is 0 Å². The quantitative estimate of drug-likeness (QED) is 0.862. The van der Waals surface area contributed by atoms with E-state index in [4.69, 9.17) is 5.73 Å². The molecule has 0 bridgehead atoms. The van der Waals surface area contributed by atoms with Gasteiger partial charge in [-0.25, -0.2) is 4.68 Å². The SMILES string of the molecule is CCCn1nc(C)c(N)c1NC1CCC(SC)C1. The van der Waals surface area contributed by atoms with Crippen LogP contribution in [0.1, 0.15) is 38.3 Å². The fourth-order valence-electron chi connectivity index (χ4n) is 2.60. The maximum Gasteiger partial charge on any atom is 0.148 e. The molecule has 0 aromatic carbocycles. The van der Waals surface area contributed by atoms with E-state index in [2.05, 4.69) is 23.6 Å². The lowest BCUT2D eigenvalue weighted by Crippen LogP contribution is -2.19. The average molecular weight is 268 g/mol. The fourth-order valence-corrected chi connectivity index (χ4v) is 3.40. The van der Waals surface area contributed by atoms with Gasteiger partial charge in [0.1, 0.15) is 5.82 Å². The summed E-state index contributed by atoms with van der Waals surface area (Å²) in [7, 11) is 0. The van der Waals surface area contributed by atoms with Gasteiger partial charge in [0.05, 0.1) is 11.4 Å². The molecule has 0 saturated heterocycles. The average Bonchev–Trinajstić information content (AvgIpc) is 2.91. The van der Waals surface area contributed by atoms with Gasteiger partial charge in [0, 0.05) is 17.8 Å². The lowest BCUT2D eigenvalue weighted by atomic mass is 10.2. The van der Waals surface area contributed by atoms with Crippen LogP contribution in [0.5, 0.6) is 0 Å². The molecule has 0 aliphatic heterocycles. The number of nitrogen functional groups attached to an aromatic ring is 1. The summed E-state index contributed by atoms with van der Waals surface area (Å²) in [6, 6.07) is 0.552. The summed E-state index contributed by atoms with van der Waals surface area (Å²) >= 11 is 1.98. The monoisotopic (exact) mass is 268 g/mol. The number of hydrogen-bond donors (Lipinski definition) is 2. The highest BCUT2D eigenvalue weighted by molar-refractivity contribution is 7.99. The molecule has 1 fully saturated rings. The third-order valence-electron chi connectivity index (χ3n) is 3.67. The minimum Gasteiger partial charge on any atom is -0.394 e. The zero-order valence-corrected chi connectivity index (χ0v) is 12.4. The Morgan fingerprint density at radius 1 is 1.50 bits per heavy atom. The van der Waals surface area contributed by atoms with E-state index < -0.39 is 0 Å². The Hall–Kier alpha value is -0.840. The van der Waals surface area contributed by atoms with Crippen molar-refractivity contribution in [3.63, 3.8) is 0 Å². The van der Waals surface area contributed by atoms with Gasteiger partial charge in [-0.2, -0.15) is 16.9 Å². The fraction of sp³-hybridized carbons (Fsp3) is 0.769. The molecule has 1 aromatic heterocycles. The highest BCUT2D eigenvalue weighted by atomic mass is 32.2. The van der Waals surface area contributed by atoms with Gasteiger partial charge in [-0.05, 0) is 38.9 Å². The van der Waals surface area contributed by atoms with Crippen molar-refractivity contribution in [1.29, 1.82) is 0 Å². The van der Waals surface area contributed by atoms with Crippen molar-refractivity contribution in [3.8, 4) is 0 Å². The molecular formula is C13H24N4S. The Labute approximate surface area is 114 Å². The smallest absolute Gasteiger partial charge is 0.148 e. The summed E-state index contributed by atoms with van der Waals surface area (Å²) in [5, 5.41) is 8.91. The van der Waals surface area contributed by atoms with E-state index in [-0.39, 0.29) is 0 Å². The maximum atomic E-state index is 6.13. The van der Waals surface area contributed by atoms with Crippen LogP contribution < -0.4 is 11.1 Å². The Morgan fingerprint density at radius 2 is 2.28 bits per heavy atom. The predicted octanol–water partition coefficient (Wildman–Crippen LogP) is 2.88. The molecule has 1 aliphatic rings. The van der Waals surface area contributed by atoms with Gasteiger partial charge in [0.25, 0.3) is 0 Å². The van der Waals surface area contributed by atoms with Crippen LogP contribution in [0.4, 0.5) is 11.5 Å². The largest absolute Gasteiger partial charge is 0.394 e. The lowest BCUT2D eigenvalue weighted by Gasteiger charge is -2.16. The highest BCUT2D eigenvalue weighted by Crippen LogP contribution is 2.32. The van der Waals surface area contributed by atoms with Gasteiger partial charge >= 0.3 is 0 Å². The molecule has 0 spiro atoms. The van der Waals surface area contributed by atoms with Crippen LogP contribution in [0.3, 0.4) is 0 Å². The topological polar surface area (TPSA) is 55.9 Å². The van der Waals surface area contributed by atoms with Crippen molar-refractivity contribution in [2.45, 2.75) is 57.4 Å². The lowest BCUT2D eigenvalue weighted by molar-refractivity contribution is 0.595. The van der Waals surface area contributed by atoms with Gasteiger partial charge in [0.2, 0.25) is 0 Å². The summed E-state index contributed by atoms with van der Waals surface area (Å²) in [5.41, 5.74) is 7.88. The Balaban J connectivity index is 2.08. The van der Waals surface area contributed by atoms with E-state index in [1.165, 1.54) is 19.3 Å². The van der Waals surface area contributed by atoms with Crippen LogP contribution in [0, 0.1) is 6.92 Å². The molecule has 2 rings (SSSR count). The van der Waals surface area contributed by atoms with Crippen molar-refractivity contribution in [2.75, 3.05) is 17.3 Å². The Kier molecular flexibility index (Phi) is 4.43. The van der Waals surface area contributed by atoms with Crippen LogP contribution in [0.15, 0.2) is 0 Å². The van der Waals surface area contributed by atoms with E-state index in [0.29, 0.717) is 6.04 Å². The van der Waals surface area contributed by atoms with Crippen molar-refractivity contribution in [3.05, 3.63) is 5.69 Å². The van der Waals surface area contributed by atoms with Crippen molar-refractivity contribution >= 4 is 23.3 Å². The first kappa shape index (κ1) is 13.6. The molecule has 3 N–H and O–H groups in total. The van der Waals surface area contributed by atoms with Crippen LogP contribution in [-0.2, 0) is 6.54 Å². The van der Waals surface area contributed by atoms with E-state index in [0.717, 1.165) is 35.4 Å². The van der Waals surface area contributed by atoms with Crippen LogP contribution in [0.25, 0.3) is 0 Å². The molecule has 102 valence electrons. The van der Waals surface area contributed by atoms with Crippen LogP contribution in [-0.4, -0.2) is 27.3 Å². The zero-order chi connectivity index (χ0) is 13.1. The minimum atomic E-state index is 0.552. The number of thioether (sulfide) groups is 1. The van der Waals surface area contributed by atoms with Gasteiger partial charge < -0.3 is 11.1 Å². The first-order chi connectivity index (χ1) is 8.65. The number of nitrogens with two attached hydrogens (primary N) is 1. The molecule has 1 aliphatic carbocycles. The summed E-state index contributed by atoms with van der Waals surface area (Å²) in [4.78, 5) is 0. The number of aromatic nitrogens is 2. The van der Waals surface area contributed by atoms with Gasteiger partial charge in [0.15, 0.2) is 0 Å². The molecule has 0 amide bonds. The molecule has 2 unspecified atom stereocenters. The predicted molar refractivity (Wildman–Crippen MR) is 80.2 cm³/mol. The second-order valence-electron chi connectivity index (χ2n) is 5.08. The van der Waals surface area contributed by atoms with Crippen molar-refractivity contribution in [2.24, 2.45) is 0 Å². The first-order valence-electron chi connectivity index (χ1n) is 6.77. The van der Waals surface area contributed by atoms with Crippen molar-refractivity contribution in [1.82, 2.24) is 9.78 Å². The van der Waals surface area contributed by atoms with Gasteiger partial charge in [-0.3, -0.25) is 0 Å². The molecule has 2 atom stereocenters. The Bertz CT molecular complexity index is 402. The number of aryl methyl sites for hydroxylation is 2. The number of anilines is 2. The second kappa shape index (κ2) is 5.87. The maximum absolute atomic E-state index is 6.13. The summed E-state index contributed by atoms with van der Waals surface area (Å²) < 4.78 is 2.02. The normalized spacial score (nSPS) is 23.5. The number of nitrogens with zero attached hydrogens (tertiary/aromatic N) is 2. The first-order valence-corrected chi connectivity index (χ1v) is 8.06. The third-order valence-corrected chi connectivity index (χ3v) is 4.76.